The van der Waals surface area contributed by atoms with E-state index < -0.39 is 21.8 Å². The number of nitrogens with one attached hydrogen (secondary N) is 1. The third kappa shape index (κ3) is 4.26. The van der Waals surface area contributed by atoms with Crippen molar-refractivity contribution in [2.24, 2.45) is 5.92 Å². The number of carbonyl (C=O) groups excluding carboxylic acids is 2. The molecule has 2 amide bonds. The largest absolute Gasteiger partial charge is 0.506 e. The number of nitrogens with zero attached hydrogens (tertiary/aromatic N) is 2. The van der Waals surface area contributed by atoms with Crippen LogP contribution in [0, 0.1) is 5.92 Å². The maximum Gasteiger partial charge on any atom is 0.243 e. The van der Waals surface area contributed by atoms with Gasteiger partial charge in [-0.05, 0) is 61.7 Å². The molecular formula is C21H22ClN3O5S. The van der Waals surface area contributed by atoms with E-state index in [4.69, 9.17) is 11.6 Å². The van der Waals surface area contributed by atoms with Crippen LogP contribution in [0.15, 0.2) is 47.4 Å². The molecule has 2 N–H and O–H groups in total. The average Bonchev–Trinajstić information content (AvgIpc) is 3.41. The van der Waals surface area contributed by atoms with Crippen molar-refractivity contribution in [2.75, 3.05) is 29.9 Å². The number of hydrogen-bond acceptors (Lipinski definition) is 5. The first-order valence-corrected chi connectivity index (χ1v) is 11.8. The van der Waals surface area contributed by atoms with Gasteiger partial charge in [-0.3, -0.25) is 9.59 Å². The predicted molar refractivity (Wildman–Crippen MR) is 117 cm³/mol. The van der Waals surface area contributed by atoms with Gasteiger partial charge in [0.25, 0.3) is 0 Å². The zero-order chi connectivity index (χ0) is 22.2. The minimum absolute atomic E-state index is 0.0111. The average molecular weight is 464 g/mol. The Bertz CT molecular complexity index is 1110. The molecule has 1 atom stereocenters. The van der Waals surface area contributed by atoms with Crippen molar-refractivity contribution in [3.63, 3.8) is 0 Å². The van der Waals surface area contributed by atoms with Crippen LogP contribution in [-0.2, 0) is 19.6 Å². The Labute approximate surface area is 185 Å². The fraction of sp³-hybridized carbons (Fsp3) is 0.333. The standard InChI is InChI=1S/C21H22ClN3O5S/c22-14-3-5-15(6-4-14)25-12-9-17(21(25)28)20(27)23-18-13-16(7-8-19(18)26)31(29,30)24-10-1-2-11-24/h3-8,13,17,26H,1-2,9-12H2,(H,23,27). The quantitative estimate of drug-likeness (QED) is 0.523. The van der Waals surface area contributed by atoms with Crippen LogP contribution in [0.25, 0.3) is 0 Å². The zero-order valence-corrected chi connectivity index (χ0v) is 18.2. The Kier molecular flexibility index (Phi) is 5.92. The van der Waals surface area contributed by atoms with Crippen molar-refractivity contribution in [1.82, 2.24) is 4.31 Å². The molecule has 2 heterocycles. The molecule has 0 bridgehead atoms. The van der Waals surface area contributed by atoms with Crippen LogP contribution in [0.1, 0.15) is 19.3 Å². The molecule has 2 aliphatic rings. The fourth-order valence-corrected chi connectivity index (χ4v) is 5.54. The van der Waals surface area contributed by atoms with E-state index in [1.54, 1.807) is 24.3 Å². The number of amides is 2. The Morgan fingerprint density at radius 1 is 1.06 bits per heavy atom. The lowest BCUT2D eigenvalue weighted by Gasteiger charge is -2.18. The molecule has 0 saturated carbocycles. The van der Waals surface area contributed by atoms with Crippen LogP contribution >= 0.6 is 11.6 Å². The van der Waals surface area contributed by atoms with Crippen molar-refractivity contribution in [3.8, 4) is 5.75 Å². The number of anilines is 2. The maximum atomic E-state index is 12.8. The van der Waals surface area contributed by atoms with E-state index in [9.17, 15) is 23.1 Å². The second-order valence-corrected chi connectivity index (χ2v) is 9.96. The lowest BCUT2D eigenvalue weighted by atomic mass is 10.1. The third-order valence-corrected chi connectivity index (χ3v) is 7.74. The molecule has 2 fully saturated rings. The molecule has 0 radical (unpaired) electrons. The van der Waals surface area contributed by atoms with E-state index >= 15 is 0 Å². The number of phenols is 1. The first kappa shape index (κ1) is 21.6. The van der Waals surface area contributed by atoms with Gasteiger partial charge in [0.15, 0.2) is 0 Å². The maximum absolute atomic E-state index is 12.8. The molecule has 0 spiro atoms. The van der Waals surface area contributed by atoms with Gasteiger partial charge in [0.2, 0.25) is 21.8 Å². The molecule has 2 aromatic carbocycles. The molecule has 2 aliphatic heterocycles. The smallest absolute Gasteiger partial charge is 0.243 e. The van der Waals surface area contributed by atoms with Gasteiger partial charge in [-0.15, -0.1) is 0 Å². The summed E-state index contributed by atoms with van der Waals surface area (Å²) in [5.41, 5.74) is 0.606. The number of halogens is 1. The molecule has 8 nitrogen and oxygen atoms in total. The summed E-state index contributed by atoms with van der Waals surface area (Å²) in [5.74, 6) is -2.16. The molecule has 0 aliphatic carbocycles. The Hall–Kier alpha value is -2.62. The highest BCUT2D eigenvalue weighted by molar-refractivity contribution is 7.89. The topological polar surface area (TPSA) is 107 Å². The van der Waals surface area contributed by atoms with E-state index in [0.717, 1.165) is 12.8 Å². The highest BCUT2D eigenvalue weighted by Crippen LogP contribution is 2.31. The van der Waals surface area contributed by atoms with Crippen molar-refractivity contribution in [3.05, 3.63) is 47.5 Å². The summed E-state index contributed by atoms with van der Waals surface area (Å²) in [5, 5.41) is 13.2. The minimum Gasteiger partial charge on any atom is -0.506 e. The van der Waals surface area contributed by atoms with Gasteiger partial charge in [-0.2, -0.15) is 4.31 Å². The second kappa shape index (κ2) is 8.49. The van der Waals surface area contributed by atoms with Gasteiger partial charge < -0.3 is 15.3 Å². The van der Waals surface area contributed by atoms with Crippen molar-refractivity contribution < 1.29 is 23.1 Å². The van der Waals surface area contributed by atoms with Crippen LogP contribution in [0.5, 0.6) is 5.75 Å². The molecule has 0 aromatic heterocycles. The number of hydrogen-bond donors (Lipinski definition) is 2. The first-order valence-electron chi connectivity index (χ1n) is 9.98. The van der Waals surface area contributed by atoms with E-state index in [1.807, 2.05) is 0 Å². The van der Waals surface area contributed by atoms with Gasteiger partial charge in [-0.25, -0.2) is 8.42 Å². The lowest BCUT2D eigenvalue weighted by Crippen LogP contribution is -2.33. The van der Waals surface area contributed by atoms with E-state index in [0.29, 0.717) is 36.8 Å². The van der Waals surface area contributed by atoms with Crippen LogP contribution in [0.3, 0.4) is 0 Å². The van der Waals surface area contributed by atoms with Gasteiger partial charge >= 0.3 is 0 Å². The highest BCUT2D eigenvalue weighted by Gasteiger charge is 2.38. The van der Waals surface area contributed by atoms with E-state index in [2.05, 4.69) is 5.32 Å². The monoisotopic (exact) mass is 463 g/mol. The summed E-state index contributed by atoms with van der Waals surface area (Å²) in [4.78, 5) is 27.0. The van der Waals surface area contributed by atoms with Crippen LogP contribution in [0.2, 0.25) is 5.02 Å². The van der Waals surface area contributed by atoms with E-state index in [1.165, 1.54) is 27.4 Å². The molecule has 1 unspecified atom stereocenters. The molecular weight excluding hydrogens is 442 g/mol. The fourth-order valence-electron chi connectivity index (χ4n) is 3.87. The van der Waals surface area contributed by atoms with Crippen molar-refractivity contribution in [1.29, 1.82) is 0 Å². The summed E-state index contributed by atoms with van der Waals surface area (Å²) in [6, 6.07) is 10.5. The molecule has 2 aromatic rings. The lowest BCUT2D eigenvalue weighted by molar-refractivity contribution is -0.129. The predicted octanol–water partition coefficient (Wildman–Crippen LogP) is 2.82. The second-order valence-electron chi connectivity index (χ2n) is 7.59. The summed E-state index contributed by atoms with van der Waals surface area (Å²) in [6.45, 7) is 1.26. The number of rotatable bonds is 5. The molecule has 4 rings (SSSR count). The Morgan fingerprint density at radius 2 is 1.74 bits per heavy atom. The van der Waals surface area contributed by atoms with Gasteiger partial charge in [0.1, 0.15) is 11.7 Å². The molecule has 10 heteroatoms. The van der Waals surface area contributed by atoms with Gasteiger partial charge in [-0.1, -0.05) is 11.6 Å². The number of sulfonamides is 1. The van der Waals surface area contributed by atoms with Crippen LogP contribution in [0.4, 0.5) is 11.4 Å². The summed E-state index contributed by atoms with van der Waals surface area (Å²) in [7, 11) is -3.71. The number of carbonyl (C=O) groups is 2. The Morgan fingerprint density at radius 3 is 2.42 bits per heavy atom. The summed E-state index contributed by atoms with van der Waals surface area (Å²) in [6.07, 6.45) is 1.91. The van der Waals surface area contributed by atoms with E-state index in [-0.39, 0.29) is 22.2 Å². The highest BCUT2D eigenvalue weighted by atomic mass is 35.5. The van der Waals surface area contributed by atoms with Crippen LogP contribution in [-0.4, -0.2) is 49.3 Å². The zero-order valence-electron chi connectivity index (χ0n) is 16.6. The molecule has 2 saturated heterocycles. The molecule has 31 heavy (non-hydrogen) atoms. The van der Waals surface area contributed by atoms with Gasteiger partial charge in [0, 0.05) is 30.3 Å². The minimum atomic E-state index is -3.71. The van der Waals surface area contributed by atoms with Crippen molar-refractivity contribution in [2.45, 2.75) is 24.2 Å². The SMILES string of the molecule is O=C(Nc1cc(S(=O)(=O)N2CCCC2)ccc1O)C1CCN(c2ccc(Cl)cc2)C1=O. The summed E-state index contributed by atoms with van der Waals surface area (Å²) >= 11 is 5.89. The normalized spacial score (nSPS) is 19.7. The Balaban J connectivity index is 1.51. The van der Waals surface area contributed by atoms with Crippen LogP contribution < -0.4 is 10.2 Å². The first-order chi connectivity index (χ1) is 14.8. The van der Waals surface area contributed by atoms with Crippen molar-refractivity contribution >= 4 is 44.8 Å². The van der Waals surface area contributed by atoms with Gasteiger partial charge in [0.05, 0.1) is 10.6 Å². The number of aromatic hydroxyl groups is 1. The summed E-state index contributed by atoms with van der Waals surface area (Å²) < 4.78 is 26.9. The third-order valence-electron chi connectivity index (χ3n) is 5.59. The molecule has 164 valence electrons. The number of benzene rings is 2. The number of phenolic OH excluding ortho intramolecular Hbond substituents is 1.